The molecule has 0 saturated carbocycles. The molecule has 0 saturated heterocycles. The highest BCUT2D eigenvalue weighted by Crippen LogP contribution is 2.51. The molecule has 0 aliphatic carbocycles. The minimum absolute atomic E-state index is 0.990. The maximum absolute atomic E-state index is 5.43. The minimum atomic E-state index is 0.990. The van der Waals surface area contributed by atoms with Crippen molar-refractivity contribution < 1.29 is 0 Å². The van der Waals surface area contributed by atoms with Crippen LogP contribution in [0.3, 0.4) is 0 Å². The predicted molar refractivity (Wildman–Crippen MR) is 173 cm³/mol. The molecule has 0 atom stereocenters. The molecule has 0 N–H and O–H groups in total. The minimum Gasteiger partial charge on any atom is -0.235 e. The van der Waals surface area contributed by atoms with Crippen LogP contribution in [0.4, 0.5) is 0 Å². The molecule has 4 heteroatoms. The van der Waals surface area contributed by atoms with Crippen LogP contribution in [0.25, 0.3) is 53.2 Å². The second-order valence-electron chi connectivity index (χ2n) is 9.71. The molecule has 0 spiro atoms. The first-order valence-corrected chi connectivity index (χ1v) is 16.0. The summed E-state index contributed by atoms with van der Waals surface area (Å²) in [5.74, 6) is 0. The van der Waals surface area contributed by atoms with E-state index in [4.69, 9.17) is 4.98 Å². The third kappa shape index (κ3) is 4.71. The standard InChI is InChI=1S/C35H31NS3/c1-5-27-29(22(3)32(37-27)24-16-10-7-11-17-24)31-34(39-35(36-31)26-20-14-9-15-21-26)30-23(4)33(38-28(30)6-2)25-18-12-8-13-19-25/h7-21H,5-6H2,1-4H3. The molecule has 1 nitrogen and oxygen atoms in total. The van der Waals surface area contributed by atoms with Crippen molar-refractivity contribution in [3.8, 4) is 53.2 Å². The van der Waals surface area contributed by atoms with Crippen LogP contribution in [0.15, 0.2) is 91.0 Å². The summed E-state index contributed by atoms with van der Waals surface area (Å²) in [4.78, 5) is 12.3. The summed E-state index contributed by atoms with van der Waals surface area (Å²) in [5.41, 5.74) is 10.3. The van der Waals surface area contributed by atoms with Gasteiger partial charge in [0.1, 0.15) is 5.01 Å². The first-order valence-electron chi connectivity index (χ1n) is 13.5. The summed E-state index contributed by atoms with van der Waals surface area (Å²) in [6, 6.07) is 32.3. The highest BCUT2D eigenvalue weighted by molar-refractivity contribution is 7.20. The van der Waals surface area contributed by atoms with Gasteiger partial charge in [0.2, 0.25) is 0 Å². The Kier molecular flexibility index (Phi) is 7.35. The fourth-order valence-corrected chi connectivity index (χ4v) is 9.12. The third-order valence-corrected chi connectivity index (χ3v) is 11.4. The van der Waals surface area contributed by atoms with Crippen LogP contribution in [-0.4, -0.2) is 4.98 Å². The van der Waals surface area contributed by atoms with Crippen molar-refractivity contribution in [2.24, 2.45) is 0 Å². The maximum Gasteiger partial charge on any atom is 0.124 e. The molecule has 0 radical (unpaired) electrons. The van der Waals surface area contributed by atoms with Gasteiger partial charge in [-0.05, 0) is 48.9 Å². The molecule has 0 unspecified atom stereocenters. The van der Waals surface area contributed by atoms with Gasteiger partial charge in [0.15, 0.2) is 0 Å². The molecule has 3 aromatic carbocycles. The monoisotopic (exact) mass is 561 g/mol. The summed E-state index contributed by atoms with van der Waals surface area (Å²) < 4.78 is 0. The van der Waals surface area contributed by atoms with E-state index < -0.39 is 0 Å². The van der Waals surface area contributed by atoms with Crippen LogP contribution >= 0.6 is 34.0 Å². The van der Waals surface area contributed by atoms with E-state index in [-0.39, 0.29) is 0 Å². The first kappa shape index (κ1) is 25.9. The number of aromatic nitrogens is 1. The zero-order chi connectivity index (χ0) is 26.9. The van der Waals surface area contributed by atoms with Crippen molar-refractivity contribution in [2.45, 2.75) is 40.5 Å². The van der Waals surface area contributed by atoms with Crippen molar-refractivity contribution >= 4 is 34.0 Å². The average molecular weight is 562 g/mol. The van der Waals surface area contributed by atoms with Gasteiger partial charge in [-0.25, -0.2) is 4.98 Å². The Labute approximate surface area is 243 Å². The number of thiazole rings is 1. The predicted octanol–water partition coefficient (Wildman–Crippen LogP) is 11.3. The fraction of sp³-hybridized carbons (Fsp3) is 0.171. The second kappa shape index (κ2) is 11.1. The van der Waals surface area contributed by atoms with Crippen molar-refractivity contribution in [2.75, 3.05) is 0 Å². The second-order valence-corrected chi connectivity index (χ2v) is 12.9. The number of nitrogens with zero attached hydrogens (tertiary/aromatic N) is 1. The van der Waals surface area contributed by atoms with Crippen molar-refractivity contribution in [3.63, 3.8) is 0 Å². The lowest BCUT2D eigenvalue weighted by Crippen LogP contribution is -1.90. The number of thiophene rings is 2. The Hall–Kier alpha value is -3.31. The smallest absolute Gasteiger partial charge is 0.124 e. The Morgan fingerprint density at radius 2 is 0.949 bits per heavy atom. The van der Waals surface area contributed by atoms with E-state index in [1.54, 1.807) is 0 Å². The normalized spacial score (nSPS) is 11.3. The molecule has 6 aromatic rings. The molecule has 3 aromatic heterocycles. The lowest BCUT2D eigenvalue weighted by atomic mass is 9.97. The largest absolute Gasteiger partial charge is 0.235 e. The topological polar surface area (TPSA) is 12.9 Å². The first-order chi connectivity index (χ1) is 19.1. The molecule has 0 aliphatic rings. The van der Waals surface area contributed by atoms with E-state index in [0.29, 0.717) is 0 Å². The Morgan fingerprint density at radius 3 is 1.44 bits per heavy atom. The van der Waals surface area contributed by atoms with E-state index in [2.05, 4.69) is 119 Å². The highest BCUT2D eigenvalue weighted by atomic mass is 32.1. The van der Waals surface area contributed by atoms with Crippen LogP contribution in [0.1, 0.15) is 34.7 Å². The fourth-order valence-electron chi connectivity index (χ4n) is 5.34. The molecule has 194 valence electrons. The number of aryl methyl sites for hydroxylation is 2. The Morgan fingerprint density at radius 1 is 0.513 bits per heavy atom. The molecule has 0 amide bonds. The number of hydrogen-bond donors (Lipinski definition) is 0. The SMILES string of the molecule is CCc1sc(-c2ccccc2)c(C)c1-c1nc(-c2ccccc2)sc1-c1c(CC)sc(-c2ccccc2)c1C. The van der Waals surface area contributed by atoms with Gasteiger partial charge in [0.05, 0.1) is 10.6 Å². The van der Waals surface area contributed by atoms with E-state index in [0.717, 1.165) is 23.5 Å². The number of benzene rings is 3. The third-order valence-electron chi connectivity index (χ3n) is 7.27. The Balaban J connectivity index is 1.63. The van der Waals surface area contributed by atoms with Crippen molar-refractivity contribution in [1.29, 1.82) is 0 Å². The van der Waals surface area contributed by atoms with Gasteiger partial charge in [0.25, 0.3) is 0 Å². The molecule has 3 heterocycles. The van der Waals surface area contributed by atoms with Crippen LogP contribution in [0.5, 0.6) is 0 Å². The molecular weight excluding hydrogens is 531 g/mol. The van der Waals surface area contributed by atoms with Crippen LogP contribution in [-0.2, 0) is 12.8 Å². The van der Waals surface area contributed by atoms with E-state index in [1.807, 2.05) is 34.0 Å². The maximum atomic E-state index is 5.43. The molecule has 39 heavy (non-hydrogen) atoms. The molecule has 6 rings (SSSR count). The number of hydrogen-bond acceptors (Lipinski definition) is 4. The van der Waals surface area contributed by atoms with E-state index in [1.165, 1.54) is 63.3 Å². The highest BCUT2D eigenvalue weighted by Gasteiger charge is 2.27. The van der Waals surface area contributed by atoms with Gasteiger partial charge in [-0.15, -0.1) is 34.0 Å². The van der Waals surface area contributed by atoms with E-state index in [9.17, 15) is 0 Å². The molecule has 0 bridgehead atoms. The zero-order valence-corrected chi connectivity index (χ0v) is 25.2. The van der Waals surface area contributed by atoms with Gasteiger partial charge < -0.3 is 0 Å². The van der Waals surface area contributed by atoms with Crippen molar-refractivity contribution in [1.82, 2.24) is 4.98 Å². The average Bonchev–Trinajstić information content (AvgIpc) is 3.66. The lowest BCUT2D eigenvalue weighted by Gasteiger charge is -2.08. The van der Waals surface area contributed by atoms with Gasteiger partial charge in [-0.3, -0.25) is 0 Å². The summed E-state index contributed by atoms with van der Waals surface area (Å²) >= 11 is 5.71. The van der Waals surface area contributed by atoms with Crippen LogP contribution < -0.4 is 0 Å². The summed E-state index contributed by atoms with van der Waals surface area (Å²) in [6.07, 6.45) is 1.99. The quantitative estimate of drug-likeness (QED) is 0.189. The summed E-state index contributed by atoms with van der Waals surface area (Å²) in [7, 11) is 0. The molecule has 0 aliphatic heterocycles. The zero-order valence-electron chi connectivity index (χ0n) is 22.7. The lowest BCUT2D eigenvalue weighted by molar-refractivity contribution is 1.17. The van der Waals surface area contributed by atoms with E-state index >= 15 is 0 Å². The summed E-state index contributed by atoms with van der Waals surface area (Å²) in [6.45, 7) is 9.14. The van der Waals surface area contributed by atoms with Crippen molar-refractivity contribution in [3.05, 3.63) is 112 Å². The van der Waals surface area contributed by atoms with Gasteiger partial charge in [-0.2, -0.15) is 0 Å². The molecule has 0 fully saturated rings. The van der Waals surface area contributed by atoms with Gasteiger partial charge in [0, 0.05) is 36.2 Å². The van der Waals surface area contributed by atoms with Gasteiger partial charge in [-0.1, -0.05) is 105 Å². The molecular formula is C35H31NS3. The summed E-state index contributed by atoms with van der Waals surface area (Å²) in [5, 5.41) is 1.09. The number of rotatable bonds is 7. The Bertz CT molecular complexity index is 1610. The van der Waals surface area contributed by atoms with Crippen LogP contribution in [0.2, 0.25) is 0 Å². The van der Waals surface area contributed by atoms with Crippen LogP contribution in [0, 0.1) is 13.8 Å². The van der Waals surface area contributed by atoms with Gasteiger partial charge >= 0.3 is 0 Å².